The van der Waals surface area contributed by atoms with E-state index in [0.29, 0.717) is 6.04 Å². The summed E-state index contributed by atoms with van der Waals surface area (Å²) in [6.45, 7) is 4.52. The molecule has 0 aliphatic carbocycles. The molecule has 1 aromatic carbocycles. The third kappa shape index (κ3) is 3.36. The highest BCUT2D eigenvalue weighted by atomic mass is 32.1. The lowest BCUT2D eigenvalue weighted by molar-refractivity contribution is -0.119. The molecule has 3 heterocycles. The minimum absolute atomic E-state index is 0.0658. The lowest BCUT2D eigenvalue weighted by Crippen LogP contribution is -2.35. The number of carbonyl (C=O) groups excluding carboxylic acids is 1. The molecule has 2 aromatic heterocycles. The fourth-order valence-corrected chi connectivity index (χ4v) is 5.23. The molecular weight excluding hydrogens is 338 g/mol. The number of thiophene rings is 1. The van der Waals surface area contributed by atoms with Gasteiger partial charge in [-0.2, -0.15) is 0 Å². The number of aromatic nitrogens is 1. The van der Waals surface area contributed by atoms with Gasteiger partial charge >= 0.3 is 0 Å². The van der Waals surface area contributed by atoms with Crippen LogP contribution in [0.5, 0.6) is 0 Å². The van der Waals surface area contributed by atoms with E-state index in [9.17, 15) is 4.79 Å². The molecular formula is C18H19N3OS2. The topological polar surface area (TPSA) is 45.2 Å². The molecule has 1 fully saturated rings. The van der Waals surface area contributed by atoms with Crippen molar-refractivity contribution in [3.8, 4) is 9.88 Å². The second-order valence-corrected chi connectivity index (χ2v) is 8.37. The Bertz CT molecular complexity index is 837. The van der Waals surface area contributed by atoms with Gasteiger partial charge in [-0.1, -0.05) is 12.1 Å². The normalized spacial score (nSPS) is 18.3. The molecule has 6 heteroatoms. The van der Waals surface area contributed by atoms with Gasteiger partial charge in [-0.3, -0.25) is 9.69 Å². The van der Waals surface area contributed by atoms with Crippen molar-refractivity contribution in [3.05, 3.63) is 41.3 Å². The standard InChI is InChI=1S/C18H19N3OS2/c1-12(22)19-13-8-9-21(10-13)11-14-6-7-17(23-14)18-20-15-4-2-3-5-16(15)24-18/h2-7,13H,8-11H2,1H3,(H,19,22). The monoisotopic (exact) mass is 357 g/mol. The Balaban J connectivity index is 1.44. The van der Waals surface area contributed by atoms with E-state index in [1.54, 1.807) is 18.3 Å². The highest BCUT2D eigenvalue weighted by Gasteiger charge is 2.23. The van der Waals surface area contributed by atoms with Crippen molar-refractivity contribution in [2.45, 2.75) is 25.9 Å². The first-order chi connectivity index (χ1) is 11.7. The summed E-state index contributed by atoms with van der Waals surface area (Å²) in [6.07, 6.45) is 1.04. The number of thiazole rings is 1. The minimum atomic E-state index is 0.0658. The number of benzene rings is 1. The molecule has 0 bridgehead atoms. The second-order valence-electron chi connectivity index (χ2n) is 6.17. The summed E-state index contributed by atoms with van der Waals surface area (Å²) in [4.78, 5) is 20.9. The number of nitrogens with one attached hydrogen (secondary N) is 1. The van der Waals surface area contributed by atoms with Gasteiger partial charge < -0.3 is 5.32 Å². The smallest absolute Gasteiger partial charge is 0.217 e. The van der Waals surface area contributed by atoms with E-state index in [1.165, 1.54) is 14.5 Å². The van der Waals surface area contributed by atoms with Crippen molar-refractivity contribution in [3.63, 3.8) is 0 Å². The summed E-state index contributed by atoms with van der Waals surface area (Å²) >= 11 is 3.57. The molecule has 4 nitrogen and oxygen atoms in total. The van der Waals surface area contributed by atoms with Crippen LogP contribution in [-0.4, -0.2) is 34.9 Å². The van der Waals surface area contributed by atoms with Crippen molar-refractivity contribution in [2.75, 3.05) is 13.1 Å². The zero-order valence-electron chi connectivity index (χ0n) is 13.5. The average Bonchev–Trinajstić information content (AvgIpc) is 3.26. The first-order valence-corrected chi connectivity index (χ1v) is 9.75. The Morgan fingerprint density at radius 2 is 2.17 bits per heavy atom. The highest BCUT2D eigenvalue weighted by molar-refractivity contribution is 7.25. The summed E-state index contributed by atoms with van der Waals surface area (Å²) in [5.74, 6) is 0.0658. The van der Waals surface area contributed by atoms with Crippen molar-refractivity contribution < 1.29 is 4.79 Å². The molecule has 0 saturated carbocycles. The minimum Gasteiger partial charge on any atom is -0.352 e. The first kappa shape index (κ1) is 15.7. The Labute approximate surface area is 149 Å². The van der Waals surface area contributed by atoms with Gasteiger partial charge in [-0.25, -0.2) is 4.98 Å². The van der Waals surface area contributed by atoms with Gasteiger partial charge in [0.25, 0.3) is 0 Å². The van der Waals surface area contributed by atoms with Crippen LogP contribution >= 0.6 is 22.7 Å². The SMILES string of the molecule is CC(=O)NC1CCN(Cc2ccc(-c3nc4ccccc4s3)s2)C1. The summed E-state index contributed by atoms with van der Waals surface area (Å²) in [6, 6.07) is 13.0. The number of carbonyl (C=O) groups is 1. The summed E-state index contributed by atoms with van der Waals surface area (Å²) in [7, 11) is 0. The summed E-state index contributed by atoms with van der Waals surface area (Å²) in [5, 5.41) is 4.12. The van der Waals surface area contributed by atoms with Gasteiger partial charge in [-0.05, 0) is 30.7 Å². The van der Waals surface area contributed by atoms with E-state index in [4.69, 9.17) is 4.98 Å². The van der Waals surface area contributed by atoms with E-state index < -0.39 is 0 Å². The number of likely N-dealkylation sites (tertiary alicyclic amines) is 1. The molecule has 1 aliphatic rings. The van der Waals surface area contributed by atoms with Gasteiger partial charge in [0.05, 0.1) is 15.1 Å². The van der Waals surface area contributed by atoms with Crippen LogP contribution in [0.25, 0.3) is 20.1 Å². The highest BCUT2D eigenvalue weighted by Crippen LogP contribution is 2.34. The number of amides is 1. The van der Waals surface area contributed by atoms with Gasteiger partial charge in [-0.15, -0.1) is 22.7 Å². The van der Waals surface area contributed by atoms with Gasteiger partial charge in [0, 0.05) is 37.5 Å². The predicted molar refractivity (Wildman–Crippen MR) is 100 cm³/mol. The maximum atomic E-state index is 11.2. The average molecular weight is 358 g/mol. The van der Waals surface area contributed by atoms with Gasteiger partial charge in [0.2, 0.25) is 5.91 Å². The fourth-order valence-electron chi connectivity index (χ4n) is 3.16. The van der Waals surface area contributed by atoms with Crippen LogP contribution in [0.2, 0.25) is 0 Å². The Morgan fingerprint density at radius 3 is 3.00 bits per heavy atom. The zero-order valence-corrected chi connectivity index (χ0v) is 15.1. The molecule has 1 amide bonds. The second kappa shape index (κ2) is 6.63. The van der Waals surface area contributed by atoms with Crippen molar-refractivity contribution in [2.24, 2.45) is 0 Å². The zero-order chi connectivity index (χ0) is 16.5. The number of nitrogens with zero attached hydrogens (tertiary/aromatic N) is 2. The van der Waals surface area contributed by atoms with Crippen LogP contribution < -0.4 is 5.32 Å². The van der Waals surface area contributed by atoms with Crippen LogP contribution in [0.1, 0.15) is 18.2 Å². The predicted octanol–water partition coefficient (Wildman–Crippen LogP) is 3.74. The lowest BCUT2D eigenvalue weighted by atomic mass is 10.2. The number of para-hydroxylation sites is 1. The maximum absolute atomic E-state index is 11.2. The third-order valence-corrected chi connectivity index (χ3v) is 6.50. The number of hydrogen-bond donors (Lipinski definition) is 1. The van der Waals surface area contributed by atoms with Crippen LogP contribution in [0.3, 0.4) is 0 Å². The fraction of sp³-hybridized carbons (Fsp3) is 0.333. The van der Waals surface area contributed by atoms with Crippen molar-refractivity contribution in [1.29, 1.82) is 0 Å². The van der Waals surface area contributed by atoms with Crippen LogP contribution in [-0.2, 0) is 11.3 Å². The first-order valence-electron chi connectivity index (χ1n) is 8.11. The van der Waals surface area contributed by atoms with E-state index in [2.05, 4.69) is 40.5 Å². The quantitative estimate of drug-likeness (QED) is 0.774. The number of hydrogen-bond acceptors (Lipinski definition) is 5. The number of fused-ring (bicyclic) bond motifs is 1. The maximum Gasteiger partial charge on any atom is 0.217 e. The molecule has 124 valence electrons. The van der Waals surface area contributed by atoms with E-state index in [-0.39, 0.29) is 5.91 Å². The molecule has 24 heavy (non-hydrogen) atoms. The molecule has 4 rings (SSSR count). The molecule has 3 aromatic rings. The molecule has 1 atom stereocenters. The lowest BCUT2D eigenvalue weighted by Gasteiger charge is -2.15. The molecule has 0 radical (unpaired) electrons. The Kier molecular flexibility index (Phi) is 4.35. The van der Waals surface area contributed by atoms with E-state index in [0.717, 1.165) is 36.6 Å². The molecule has 1 N–H and O–H groups in total. The molecule has 1 aliphatic heterocycles. The third-order valence-electron chi connectivity index (χ3n) is 4.23. The van der Waals surface area contributed by atoms with Crippen LogP contribution in [0.4, 0.5) is 0 Å². The Hall–Kier alpha value is -1.76. The van der Waals surface area contributed by atoms with E-state index >= 15 is 0 Å². The molecule has 1 unspecified atom stereocenters. The van der Waals surface area contributed by atoms with Gasteiger partial charge in [0.1, 0.15) is 5.01 Å². The molecule has 0 spiro atoms. The van der Waals surface area contributed by atoms with Gasteiger partial charge in [0.15, 0.2) is 0 Å². The largest absolute Gasteiger partial charge is 0.352 e. The summed E-state index contributed by atoms with van der Waals surface area (Å²) < 4.78 is 1.24. The van der Waals surface area contributed by atoms with Crippen molar-refractivity contribution in [1.82, 2.24) is 15.2 Å². The Morgan fingerprint density at radius 1 is 1.29 bits per heavy atom. The summed E-state index contributed by atoms with van der Waals surface area (Å²) in [5.41, 5.74) is 1.07. The van der Waals surface area contributed by atoms with Crippen LogP contribution in [0, 0.1) is 0 Å². The van der Waals surface area contributed by atoms with Crippen molar-refractivity contribution >= 4 is 38.8 Å². The molecule has 1 saturated heterocycles. The number of rotatable bonds is 4. The van der Waals surface area contributed by atoms with E-state index in [1.807, 2.05) is 17.4 Å². The van der Waals surface area contributed by atoms with Crippen LogP contribution in [0.15, 0.2) is 36.4 Å².